The third-order valence-corrected chi connectivity index (χ3v) is 4.71. The predicted molar refractivity (Wildman–Crippen MR) is 91.5 cm³/mol. The molecule has 1 aliphatic rings. The summed E-state index contributed by atoms with van der Waals surface area (Å²) in [4.78, 5) is 11.9. The fraction of sp³-hybridized carbons (Fsp3) is 0.733. The highest BCUT2D eigenvalue weighted by Crippen LogP contribution is 2.69. The Bertz CT molecular complexity index is 635. The predicted octanol–water partition coefficient (Wildman–Crippen LogP) is 2.16. The van der Waals surface area contributed by atoms with Crippen LogP contribution in [0.3, 0.4) is 0 Å². The highest BCUT2D eigenvalue weighted by molar-refractivity contribution is 6.40. The third kappa shape index (κ3) is 4.33. The van der Waals surface area contributed by atoms with E-state index in [-0.39, 0.29) is 31.7 Å². The zero-order chi connectivity index (χ0) is 19.1. The van der Waals surface area contributed by atoms with Gasteiger partial charge in [0.15, 0.2) is 0 Å². The van der Waals surface area contributed by atoms with Gasteiger partial charge in [-0.25, -0.2) is 4.79 Å². The molecule has 0 bridgehead atoms. The summed E-state index contributed by atoms with van der Waals surface area (Å²) in [6.07, 6.45) is -2.88. The number of rotatable bonds is 5. The Kier molecular flexibility index (Phi) is 4.96. The van der Waals surface area contributed by atoms with E-state index in [1.165, 1.54) is 12.3 Å². The van der Waals surface area contributed by atoms with Crippen molar-refractivity contribution in [2.75, 3.05) is 6.61 Å². The average Bonchev–Trinajstić information content (AvgIpc) is 3.12. The lowest BCUT2D eigenvalue weighted by molar-refractivity contribution is -0.192. The van der Waals surface area contributed by atoms with Crippen LogP contribution < -0.4 is 4.74 Å². The molecule has 1 saturated carbocycles. The van der Waals surface area contributed by atoms with E-state index in [1.807, 2.05) is 0 Å². The minimum atomic E-state index is -4.20. The summed E-state index contributed by atoms with van der Waals surface area (Å²) in [5.74, 6) is 0.179. The summed E-state index contributed by atoms with van der Waals surface area (Å²) < 4.78 is 51.4. The van der Waals surface area contributed by atoms with Crippen LogP contribution in [0.2, 0.25) is 5.21 Å². The van der Waals surface area contributed by atoms with Crippen molar-refractivity contribution in [3.8, 4) is 5.88 Å². The van der Waals surface area contributed by atoms with Gasteiger partial charge in [0, 0.05) is 12.3 Å². The molecule has 0 amide bonds. The number of aromatic nitrogens is 2. The molecule has 0 radical (unpaired) electrons. The molecule has 1 fully saturated rings. The maximum atomic E-state index is 13.3. The number of carbonyl (C=O) groups excluding carboxylic acids is 1. The lowest BCUT2D eigenvalue weighted by Gasteiger charge is -2.36. The van der Waals surface area contributed by atoms with Gasteiger partial charge >= 0.3 is 12.3 Å². The Labute approximate surface area is 147 Å². The molecule has 0 saturated heterocycles. The molecule has 1 aromatic heterocycles. The quantitative estimate of drug-likeness (QED) is 0.758. The molecule has 0 spiro atoms. The SMILES string of the molecule is BC(B)(CCOc1ccn(C(=O)OC(C)(C)C)n1)C1(C(F)(F)F)CC1. The summed E-state index contributed by atoms with van der Waals surface area (Å²) in [5, 5.41) is 3.02. The Balaban J connectivity index is 1.90. The van der Waals surface area contributed by atoms with Gasteiger partial charge in [0.2, 0.25) is 5.88 Å². The highest BCUT2D eigenvalue weighted by atomic mass is 19.4. The molecular formula is C15H23B2F3N2O3. The van der Waals surface area contributed by atoms with E-state index < -0.39 is 28.5 Å². The molecule has 0 unspecified atom stereocenters. The largest absolute Gasteiger partial charge is 0.477 e. The lowest BCUT2D eigenvalue weighted by atomic mass is 9.45. The maximum absolute atomic E-state index is 13.3. The monoisotopic (exact) mass is 358 g/mol. The summed E-state index contributed by atoms with van der Waals surface area (Å²) in [6.45, 7) is 5.31. The van der Waals surface area contributed by atoms with Crippen molar-refractivity contribution in [3.63, 3.8) is 0 Å². The van der Waals surface area contributed by atoms with Crippen molar-refractivity contribution in [2.45, 2.75) is 57.0 Å². The molecule has 1 heterocycles. The topological polar surface area (TPSA) is 53.4 Å². The molecule has 0 N–H and O–H groups in total. The first kappa shape index (κ1) is 19.7. The Hall–Kier alpha value is -1.60. The van der Waals surface area contributed by atoms with Crippen molar-refractivity contribution in [3.05, 3.63) is 12.3 Å². The normalized spacial score (nSPS) is 17.2. The lowest BCUT2D eigenvalue weighted by Crippen LogP contribution is -2.39. The maximum Gasteiger partial charge on any atom is 0.435 e. The van der Waals surface area contributed by atoms with E-state index in [1.54, 1.807) is 36.5 Å². The van der Waals surface area contributed by atoms with E-state index in [4.69, 9.17) is 9.47 Å². The smallest absolute Gasteiger partial charge is 0.435 e. The Morgan fingerprint density at radius 2 is 1.92 bits per heavy atom. The van der Waals surface area contributed by atoms with E-state index in [2.05, 4.69) is 5.10 Å². The number of nitrogens with zero attached hydrogens (tertiary/aromatic N) is 2. The first-order valence-corrected chi connectivity index (χ1v) is 8.26. The fourth-order valence-electron chi connectivity index (χ4n) is 2.91. The summed E-state index contributed by atoms with van der Waals surface area (Å²) >= 11 is 0. The number of ether oxygens (including phenoxy) is 2. The van der Waals surface area contributed by atoms with Crippen LogP contribution in [-0.2, 0) is 4.74 Å². The van der Waals surface area contributed by atoms with Crippen molar-refractivity contribution < 1.29 is 27.4 Å². The molecule has 0 aliphatic heterocycles. The summed E-state index contributed by atoms with van der Waals surface area (Å²) in [5.41, 5.74) is -2.26. The molecule has 10 heteroatoms. The van der Waals surface area contributed by atoms with Crippen LogP contribution in [0.5, 0.6) is 5.88 Å². The van der Waals surface area contributed by atoms with Gasteiger partial charge < -0.3 is 9.47 Å². The van der Waals surface area contributed by atoms with Crippen molar-refractivity contribution in [1.29, 1.82) is 0 Å². The van der Waals surface area contributed by atoms with Crippen molar-refractivity contribution >= 4 is 21.8 Å². The first-order valence-electron chi connectivity index (χ1n) is 8.26. The number of alkyl halides is 3. The highest BCUT2D eigenvalue weighted by Gasteiger charge is 2.69. The van der Waals surface area contributed by atoms with Gasteiger partial charge in [0.05, 0.1) is 12.0 Å². The van der Waals surface area contributed by atoms with Gasteiger partial charge in [-0.2, -0.15) is 17.9 Å². The molecule has 25 heavy (non-hydrogen) atoms. The van der Waals surface area contributed by atoms with Crippen molar-refractivity contribution in [1.82, 2.24) is 9.78 Å². The van der Waals surface area contributed by atoms with Gasteiger partial charge in [0.25, 0.3) is 0 Å². The van der Waals surface area contributed by atoms with Gasteiger partial charge in [0.1, 0.15) is 21.3 Å². The minimum Gasteiger partial charge on any atom is -0.477 e. The molecule has 0 aromatic carbocycles. The molecule has 2 rings (SSSR count). The number of halogens is 3. The zero-order valence-corrected chi connectivity index (χ0v) is 15.2. The molecule has 0 atom stereocenters. The van der Waals surface area contributed by atoms with Crippen LogP contribution in [0.25, 0.3) is 0 Å². The van der Waals surface area contributed by atoms with E-state index in [0.717, 1.165) is 4.68 Å². The van der Waals surface area contributed by atoms with Crippen LogP contribution in [0.15, 0.2) is 12.3 Å². The van der Waals surface area contributed by atoms with Crippen molar-refractivity contribution in [2.24, 2.45) is 5.41 Å². The zero-order valence-electron chi connectivity index (χ0n) is 15.2. The molecule has 1 aliphatic carbocycles. The van der Waals surface area contributed by atoms with E-state index in [0.29, 0.717) is 0 Å². The standard InChI is InChI=1S/C15H23B2F3N2O3/c1-12(2,3)25-11(23)22-8-4-10(21-22)24-9-7-14(16,17)13(5-6-13)15(18,19)20/h4,8H,5-7,9,16-17H2,1-3H3. The van der Waals surface area contributed by atoms with Gasteiger partial charge in [-0.1, -0.05) is 5.21 Å². The first-order chi connectivity index (χ1) is 11.3. The number of carbonyl (C=O) groups is 1. The van der Waals surface area contributed by atoms with Crippen LogP contribution in [0.1, 0.15) is 40.0 Å². The summed E-state index contributed by atoms with van der Waals surface area (Å²) in [7, 11) is 3.24. The number of hydrogen-bond donors (Lipinski definition) is 0. The molecular weight excluding hydrogens is 335 g/mol. The van der Waals surface area contributed by atoms with Gasteiger partial charge in [-0.15, -0.1) is 5.10 Å². The molecule has 5 nitrogen and oxygen atoms in total. The van der Waals surface area contributed by atoms with E-state index >= 15 is 0 Å². The van der Waals surface area contributed by atoms with Crippen LogP contribution in [0.4, 0.5) is 18.0 Å². The summed E-state index contributed by atoms with van der Waals surface area (Å²) in [6, 6.07) is 1.48. The van der Waals surface area contributed by atoms with Crippen LogP contribution in [-0.4, -0.2) is 50.0 Å². The second kappa shape index (κ2) is 6.29. The Morgan fingerprint density at radius 1 is 1.32 bits per heavy atom. The average molecular weight is 358 g/mol. The second-order valence-electron chi connectivity index (χ2n) is 8.14. The van der Waals surface area contributed by atoms with E-state index in [9.17, 15) is 18.0 Å². The molecule has 138 valence electrons. The van der Waals surface area contributed by atoms with Gasteiger partial charge in [-0.3, -0.25) is 0 Å². The van der Waals surface area contributed by atoms with Crippen LogP contribution in [0, 0.1) is 5.41 Å². The molecule has 1 aromatic rings. The fourth-order valence-corrected chi connectivity index (χ4v) is 2.91. The van der Waals surface area contributed by atoms with Crippen LogP contribution >= 0.6 is 0 Å². The third-order valence-electron chi connectivity index (χ3n) is 4.71. The minimum absolute atomic E-state index is 0.0934. The number of hydrogen-bond acceptors (Lipinski definition) is 4. The van der Waals surface area contributed by atoms with Gasteiger partial charge in [-0.05, 0) is 40.0 Å². The second-order valence-corrected chi connectivity index (χ2v) is 8.14. The Morgan fingerprint density at radius 3 is 2.40 bits per heavy atom.